The number of hydrogen-bond acceptors (Lipinski definition) is 4. The van der Waals surface area contributed by atoms with Crippen LogP contribution in [0.3, 0.4) is 0 Å². The van der Waals surface area contributed by atoms with Crippen LogP contribution in [0.4, 0.5) is 5.82 Å². The van der Waals surface area contributed by atoms with Gasteiger partial charge in [-0.25, -0.2) is 9.97 Å². The van der Waals surface area contributed by atoms with Crippen LogP contribution in [-0.4, -0.2) is 19.9 Å². The Bertz CT molecular complexity index is 1140. The third-order valence-corrected chi connectivity index (χ3v) is 3.84. The summed E-state index contributed by atoms with van der Waals surface area (Å²) in [7, 11) is 0. The van der Waals surface area contributed by atoms with Crippen molar-refractivity contribution in [2.24, 2.45) is 0 Å². The molecule has 5 nitrogen and oxygen atoms in total. The van der Waals surface area contributed by atoms with Gasteiger partial charge in [-0.3, -0.25) is 4.40 Å². The molecule has 0 aromatic carbocycles. The monoisotopic (exact) mass is 356 g/mol. The molecule has 0 radical (unpaired) electrons. The van der Waals surface area contributed by atoms with Crippen molar-refractivity contribution in [1.82, 2.24) is 14.4 Å². The summed E-state index contributed by atoms with van der Waals surface area (Å²) in [6.07, 6.45) is 3.71. The molecule has 0 aliphatic carbocycles. The van der Waals surface area contributed by atoms with Crippen molar-refractivity contribution in [3.63, 3.8) is 0 Å². The highest BCUT2D eigenvalue weighted by molar-refractivity contribution is 5.74. The largest absolute Gasteiger partial charge is 0.446 e. The van der Waals surface area contributed by atoms with Crippen molar-refractivity contribution in [3.8, 4) is 23.3 Å². The van der Waals surface area contributed by atoms with E-state index in [2.05, 4.69) is 42.9 Å². The minimum Gasteiger partial charge on any atom is -0.446 e. The number of rotatable bonds is 2. The van der Waals surface area contributed by atoms with Crippen LogP contribution in [0.5, 0.6) is 0 Å². The van der Waals surface area contributed by atoms with Crippen LogP contribution in [-0.2, 0) is 0 Å². The van der Waals surface area contributed by atoms with Gasteiger partial charge >= 0.3 is 0 Å². The van der Waals surface area contributed by atoms with Crippen LogP contribution in [0.15, 0.2) is 65.3 Å². The second-order valence-corrected chi connectivity index (χ2v) is 7.24. The highest BCUT2D eigenvalue weighted by atomic mass is 16.3. The topological polar surface area (TPSA) is 55.4 Å². The summed E-state index contributed by atoms with van der Waals surface area (Å²) in [6.45, 7) is 6.35. The van der Waals surface area contributed by atoms with Crippen LogP contribution in [0.1, 0.15) is 32.2 Å². The molecular weight excluding hydrogens is 336 g/mol. The normalized spacial score (nSPS) is 11.2. The van der Waals surface area contributed by atoms with Crippen molar-refractivity contribution in [2.75, 3.05) is 5.32 Å². The van der Waals surface area contributed by atoms with Gasteiger partial charge in [-0.05, 0) is 69.0 Å². The molecule has 5 heteroatoms. The standard InChI is InChI=1S/C22H20N4O/c1-22(2,3)25-21-20(24-19-9-5-7-15-26(19)21)18-13-12-17(27-18)11-10-16-8-4-6-14-23-16/h4-9,12-15,25H,1-3H3. The van der Waals surface area contributed by atoms with E-state index in [0.29, 0.717) is 17.2 Å². The summed E-state index contributed by atoms with van der Waals surface area (Å²) in [5, 5.41) is 3.53. The Hall–Kier alpha value is -3.52. The number of fused-ring (bicyclic) bond motifs is 1. The number of anilines is 1. The Morgan fingerprint density at radius 3 is 2.63 bits per heavy atom. The van der Waals surface area contributed by atoms with E-state index in [1.807, 2.05) is 59.1 Å². The highest BCUT2D eigenvalue weighted by Gasteiger charge is 2.21. The predicted octanol–water partition coefficient (Wildman–Crippen LogP) is 4.60. The Kier molecular flexibility index (Phi) is 4.17. The Labute approximate surface area is 158 Å². The number of aromatic nitrogens is 3. The first-order valence-electron chi connectivity index (χ1n) is 8.78. The first-order chi connectivity index (χ1) is 13.0. The van der Waals surface area contributed by atoms with Gasteiger partial charge in [0.1, 0.15) is 22.9 Å². The van der Waals surface area contributed by atoms with E-state index in [4.69, 9.17) is 9.40 Å². The van der Waals surface area contributed by atoms with Crippen molar-refractivity contribution in [3.05, 3.63) is 72.4 Å². The molecule has 0 amide bonds. The molecule has 0 fully saturated rings. The summed E-state index contributed by atoms with van der Waals surface area (Å²) >= 11 is 0. The Morgan fingerprint density at radius 2 is 1.85 bits per heavy atom. The number of nitrogens with one attached hydrogen (secondary N) is 1. The number of nitrogens with zero attached hydrogens (tertiary/aromatic N) is 3. The van der Waals surface area contributed by atoms with Crippen molar-refractivity contribution in [1.29, 1.82) is 0 Å². The van der Waals surface area contributed by atoms with Crippen LogP contribution in [0.2, 0.25) is 0 Å². The van der Waals surface area contributed by atoms with Gasteiger partial charge in [0.15, 0.2) is 11.5 Å². The lowest BCUT2D eigenvalue weighted by molar-refractivity contribution is 0.566. The van der Waals surface area contributed by atoms with Crippen molar-refractivity contribution in [2.45, 2.75) is 26.3 Å². The lowest BCUT2D eigenvalue weighted by Crippen LogP contribution is -2.27. The first-order valence-corrected chi connectivity index (χ1v) is 8.78. The summed E-state index contributed by atoms with van der Waals surface area (Å²) < 4.78 is 7.99. The van der Waals surface area contributed by atoms with E-state index >= 15 is 0 Å². The van der Waals surface area contributed by atoms with E-state index < -0.39 is 0 Å². The summed E-state index contributed by atoms with van der Waals surface area (Å²) in [4.78, 5) is 8.95. The van der Waals surface area contributed by atoms with Crippen molar-refractivity contribution < 1.29 is 4.42 Å². The lowest BCUT2D eigenvalue weighted by atomic mass is 10.1. The molecular formula is C22H20N4O. The van der Waals surface area contributed by atoms with Gasteiger partial charge in [-0.2, -0.15) is 0 Å². The molecule has 0 aliphatic heterocycles. The first kappa shape index (κ1) is 16.9. The summed E-state index contributed by atoms with van der Waals surface area (Å²) in [5.41, 5.74) is 2.21. The van der Waals surface area contributed by atoms with Gasteiger partial charge in [-0.15, -0.1) is 0 Å². The zero-order valence-electron chi connectivity index (χ0n) is 15.5. The molecule has 4 aromatic heterocycles. The number of furan rings is 1. The molecule has 1 N–H and O–H groups in total. The fourth-order valence-corrected chi connectivity index (χ4v) is 2.74. The molecule has 27 heavy (non-hydrogen) atoms. The fourth-order valence-electron chi connectivity index (χ4n) is 2.74. The molecule has 0 atom stereocenters. The molecule has 0 aliphatic rings. The minimum absolute atomic E-state index is 0.116. The molecule has 0 saturated heterocycles. The predicted molar refractivity (Wildman–Crippen MR) is 106 cm³/mol. The average molecular weight is 356 g/mol. The van der Waals surface area contributed by atoms with Gasteiger partial charge in [0, 0.05) is 17.9 Å². The van der Waals surface area contributed by atoms with Gasteiger partial charge in [0.05, 0.1) is 0 Å². The summed E-state index contributed by atoms with van der Waals surface area (Å²) in [5.74, 6) is 8.18. The van der Waals surface area contributed by atoms with Gasteiger partial charge < -0.3 is 9.73 Å². The maximum Gasteiger partial charge on any atom is 0.178 e. The molecule has 0 bridgehead atoms. The quantitative estimate of drug-likeness (QED) is 0.533. The van der Waals surface area contributed by atoms with Crippen LogP contribution < -0.4 is 5.32 Å². The smallest absolute Gasteiger partial charge is 0.178 e. The zero-order chi connectivity index (χ0) is 18.9. The SMILES string of the molecule is CC(C)(C)Nc1c(-c2ccc(C#Cc3ccccn3)o2)nc2ccccn12. The van der Waals surface area contributed by atoms with E-state index in [9.17, 15) is 0 Å². The molecule has 0 spiro atoms. The third kappa shape index (κ3) is 3.70. The third-order valence-electron chi connectivity index (χ3n) is 3.84. The number of hydrogen-bond donors (Lipinski definition) is 1. The van der Waals surface area contributed by atoms with Crippen LogP contribution in [0.25, 0.3) is 17.1 Å². The maximum atomic E-state index is 5.96. The van der Waals surface area contributed by atoms with E-state index in [0.717, 1.165) is 17.2 Å². The van der Waals surface area contributed by atoms with Crippen LogP contribution >= 0.6 is 0 Å². The lowest BCUT2D eigenvalue weighted by Gasteiger charge is -2.22. The molecule has 4 aromatic rings. The fraction of sp³-hybridized carbons (Fsp3) is 0.182. The zero-order valence-corrected chi connectivity index (χ0v) is 15.5. The molecule has 4 rings (SSSR count). The molecule has 4 heterocycles. The van der Waals surface area contributed by atoms with Gasteiger partial charge in [-0.1, -0.05) is 12.1 Å². The van der Waals surface area contributed by atoms with E-state index in [1.54, 1.807) is 6.20 Å². The molecule has 134 valence electrons. The maximum absolute atomic E-state index is 5.96. The molecule has 0 saturated carbocycles. The van der Waals surface area contributed by atoms with E-state index in [1.165, 1.54) is 0 Å². The highest BCUT2D eigenvalue weighted by Crippen LogP contribution is 2.31. The second-order valence-electron chi connectivity index (χ2n) is 7.24. The second kappa shape index (κ2) is 6.65. The molecule has 0 unspecified atom stereocenters. The number of imidazole rings is 1. The van der Waals surface area contributed by atoms with E-state index in [-0.39, 0.29) is 5.54 Å². The Morgan fingerprint density at radius 1 is 1.00 bits per heavy atom. The Balaban J connectivity index is 1.74. The number of pyridine rings is 2. The van der Waals surface area contributed by atoms with Crippen molar-refractivity contribution >= 4 is 11.5 Å². The average Bonchev–Trinajstić information content (AvgIpc) is 3.25. The van der Waals surface area contributed by atoms with Gasteiger partial charge in [0.25, 0.3) is 0 Å². The summed E-state index contributed by atoms with van der Waals surface area (Å²) in [6, 6.07) is 15.3. The minimum atomic E-state index is -0.116. The van der Waals surface area contributed by atoms with Gasteiger partial charge in [0.2, 0.25) is 0 Å². The van der Waals surface area contributed by atoms with Crippen LogP contribution in [0, 0.1) is 11.8 Å².